The summed E-state index contributed by atoms with van der Waals surface area (Å²) in [5.41, 5.74) is 3.33. The minimum absolute atomic E-state index is 0.119. The van der Waals surface area contributed by atoms with Crippen LogP contribution in [0.1, 0.15) is 5.56 Å². The summed E-state index contributed by atoms with van der Waals surface area (Å²) >= 11 is 7.33. The minimum Gasteiger partial charge on any atom is -0.495 e. The average molecular weight is 496 g/mol. The molecule has 5 aromatic rings. The Bertz CT molecular complexity index is 1500. The van der Waals surface area contributed by atoms with Crippen LogP contribution in [0.4, 0.5) is 10.1 Å². The summed E-state index contributed by atoms with van der Waals surface area (Å²) in [6.07, 6.45) is 0. The molecule has 0 aliphatic rings. The Morgan fingerprint density at radius 2 is 1.85 bits per heavy atom. The SMILES string of the molecule is COc1ccc(Cl)cc1NC(=O)CSc1nnc2n(Cc3ccc(F)cc3)c3ccccc3n12. The first-order valence-electron chi connectivity index (χ1n) is 10.4. The van der Waals surface area contributed by atoms with Crippen LogP contribution in [-0.2, 0) is 11.3 Å². The predicted octanol–water partition coefficient (Wildman–Crippen LogP) is 5.26. The number of para-hydroxylation sites is 2. The van der Waals surface area contributed by atoms with Crippen molar-refractivity contribution in [3.8, 4) is 5.75 Å². The van der Waals surface area contributed by atoms with E-state index in [0.717, 1.165) is 16.6 Å². The first-order chi connectivity index (χ1) is 16.5. The molecule has 0 radical (unpaired) electrons. The number of ether oxygens (including phenoxy) is 1. The van der Waals surface area contributed by atoms with Crippen LogP contribution in [0.2, 0.25) is 5.02 Å². The normalized spacial score (nSPS) is 11.3. The molecule has 0 saturated carbocycles. The highest BCUT2D eigenvalue weighted by Crippen LogP contribution is 2.29. The van der Waals surface area contributed by atoms with Gasteiger partial charge in [0, 0.05) is 5.02 Å². The van der Waals surface area contributed by atoms with E-state index in [4.69, 9.17) is 16.3 Å². The molecule has 3 aromatic carbocycles. The molecule has 1 amide bonds. The summed E-state index contributed by atoms with van der Waals surface area (Å²) < 4.78 is 22.6. The zero-order valence-corrected chi connectivity index (χ0v) is 19.6. The molecule has 34 heavy (non-hydrogen) atoms. The smallest absolute Gasteiger partial charge is 0.237 e. The van der Waals surface area contributed by atoms with Crippen molar-refractivity contribution < 1.29 is 13.9 Å². The standard InChI is InChI=1S/C24H19ClFN5O2S/c1-33-21-11-8-16(25)12-18(21)27-22(32)14-34-24-29-28-23-30(13-15-6-9-17(26)10-7-15)19-4-2-3-5-20(19)31(23)24/h2-12H,13-14H2,1H3,(H,27,32). The fourth-order valence-electron chi connectivity index (χ4n) is 3.75. The molecule has 0 spiro atoms. The van der Waals surface area contributed by atoms with Crippen molar-refractivity contribution in [2.75, 3.05) is 18.2 Å². The van der Waals surface area contributed by atoms with Crippen LogP contribution < -0.4 is 10.1 Å². The molecule has 0 saturated heterocycles. The molecule has 0 fully saturated rings. The van der Waals surface area contributed by atoms with E-state index in [2.05, 4.69) is 15.5 Å². The van der Waals surface area contributed by atoms with E-state index < -0.39 is 0 Å². The third-order valence-corrected chi connectivity index (χ3v) is 6.46. The molecular weight excluding hydrogens is 477 g/mol. The van der Waals surface area contributed by atoms with Crippen LogP contribution in [0.5, 0.6) is 5.75 Å². The van der Waals surface area contributed by atoms with Crippen molar-refractivity contribution in [1.82, 2.24) is 19.2 Å². The lowest BCUT2D eigenvalue weighted by Crippen LogP contribution is -2.15. The topological polar surface area (TPSA) is 73.4 Å². The molecule has 172 valence electrons. The second kappa shape index (κ2) is 9.36. The van der Waals surface area contributed by atoms with E-state index in [-0.39, 0.29) is 17.5 Å². The van der Waals surface area contributed by atoms with Gasteiger partial charge in [-0.15, -0.1) is 10.2 Å². The number of carbonyl (C=O) groups is 1. The van der Waals surface area contributed by atoms with Gasteiger partial charge >= 0.3 is 0 Å². The summed E-state index contributed by atoms with van der Waals surface area (Å²) in [7, 11) is 1.53. The monoisotopic (exact) mass is 495 g/mol. The maximum absolute atomic E-state index is 13.3. The highest BCUT2D eigenvalue weighted by atomic mass is 35.5. The number of halogens is 2. The van der Waals surface area contributed by atoms with Gasteiger partial charge in [-0.25, -0.2) is 4.39 Å². The second-order valence-corrected chi connectivity index (χ2v) is 8.88. The van der Waals surface area contributed by atoms with E-state index in [1.807, 2.05) is 33.2 Å². The molecule has 5 rings (SSSR count). The molecule has 2 heterocycles. The van der Waals surface area contributed by atoms with Crippen LogP contribution in [0.25, 0.3) is 16.8 Å². The molecule has 0 aliphatic carbocycles. The largest absolute Gasteiger partial charge is 0.495 e. The van der Waals surface area contributed by atoms with Crippen LogP contribution in [0.15, 0.2) is 71.9 Å². The minimum atomic E-state index is -0.277. The molecule has 0 aliphatic heterocycles. The lowest BCUT2D eigenvalue weighted by molar-refractivity contribution is -0.113. The molecular formula is C24H19ClFN5O2S. The lowest BCUT2D eigenvalue weighted by atomic mass is 10.2. The van der Waals surface area contributed by atoms with Crippen LogP contribution in [0.3, 0.4) is 0 Å². The number of benzene rings is 3. The number of nitrogens with zero attached hydrogens (tertiary/aromatic N) is 4. The van der Waals surface area contributed by atoms with Gasteiger partial charge in [-0.05, 0) is 48.0 Å². The molecule has 0 bridgehead atoms. The van der Waals surface area contributed by atoms with Gasteiger partial charge in [0.15, 0.2) is 5.16 Å². The van der Waals surface area contributed by atoms with Crippen molar-refractivity contribution >= 4 is 51.8 Å². The fourth-order valence-corrected chi connectivity index (χ4v) is 4.67. The molecule has 10 heteroatoms. The number of thioether (sulfide) groups is 1. The summed E-state index contributed by atoms with van der Waals surface area (Å²) in [6.45, 7) is 0.509. The number of imidazole rings is 1. The average Bonchev–Trinajstić information content (AvgIpc) is 3.38. The Hall–Kier alpha value is -3.56. The van der Waals surface area contributed by atoms with Crippen molar-refractivity contribution in [3.05, 3.63) is 83.1 Å². The third-order valence-electron chi connectivity index (χ3n) is 5.29. The Kier molecular flexibility index (Phi) is 6.12. The van der Waals surface area contributed by atoms with E-state index in [0.29, 0.717) is 33.9 Å². The number of aromatic nitrogens is 4. The summed E-state index contributed by atoms with van der Waals surface area (Å²) in [5, 5.41) is 12.6. The van der Waals surface area contributed by atoms with Gasteiger partial charge in [-0.3, -0.25) is 9.20 Å². The van der Waals surface area contributed by atoms with E-state index in [1.54, 1.807) is 30.3 Å². The highest BCUT2D eigenvalue weighted by molar-refractivity contribution is 7.99. The number of hydrogen-bond donors (Lipinski definition) is 1. The summed E-state index contributed by atoms with van der Waals surface area (Å²) in [6, 6.07) is 19.3. The van der Waals surface area contributed by atoms with E-state index >= 15 is 0 Å². The summed E-state index contributed by atoms with van der Waals surface area (Å²) in [4.78, 5) is 12.6. The van der Waals surface area contributed by atoms with Gasteiger partial charge in [-0.2, -0.15) is 0 Å². The number of fused-ring (bicyclic) bond motifs is 3. The number of anilines is 1. The highest BCUT2D eigenvalue weighted by Gasteiger charge is 2.18. The van der Waals surface area contributed by atoms with Gasteiger partial charge in [0.25, 0.3) is 0 Å². The molecule has 0 unspecified atom stereocenters. The van der Waals surface area contributed by atoms with Crippen LogP contribution in [0, 0.1) is 5.82 Å². The Morgan fingerprint density at radius 1 is 1.09 bits per heavy atom. The quantitative estimate of drug-likeness (QED) is 0.312. The van der Waals surface area contributed by atoms with E-state index in [1.165, 1.54) is 31.0 Å². The molecule has 0 atom stereocenters. The van der Waals surface area contributed by atoms with Crippen LogP contribution in [-0.4, -0.2) is 37.9 Å². The van der Waals surface area contributed by atoms with Crippen molar-refractivity contribution in [3.63, 3.8) is 0 Å². The maximum Gasteiger partial charge on any atom is 0.237 e. The third kappa shape index (κ3) is 4.32. The number of rotatable bonds is 7. The number of hydrogen-bond acceptors (Lipinski definition) is 5. The maximum atomic E-state index is 13.3. The van der Waals surface area contributed by atoms with Gasteiger partial charge in [0.1, 0.15) is 11.6 Å². The van der Waals surface area contributed by atoms with Crippen molar-refractivity contribution in [1.29, 1.82) is 0 Å². The van der Waals surface area contributed by atoms with Gasteiger partial charge in [0.05, 0.1) is 36.1 Å². The number of carbonyl (C=O) groups excluding carboxylic acids is 1. The summed E-state index contributed by atoms with van der Waals surface area (Å²) in [5.74, 6) is 0.786. The number of methoxy groups -OCH3 is 1. The first-order valence-corrected chi connectivity index (χ1v) is 11.7. The Balaban J connectivity index is 1.41. The lowest BCUT2D eigenvalue weighted by Gasteiger charge is -2.10. The molecule has 1 N–H and O–H groups in total. The Labute approximate surface area is 203 Å². The first kappa shape index (κ1) is 22.2. The number of amides is 1. The number of nitrogens with one attached hydrogen (secondary N) is 1. The van der Waals surface area contributed by atoms with Gasteiger partial charge < -0.3 is 14.6 Å². The molecule has 2 aromatic heterocycles. The zero-order chi connectivity index (χ0) is 23.7. The van der Waals surface area contributed by atoms with Crippen LogP contribution >= 0.6 is 23.4 Å². The van der Waals surface area contributed by atoms with Gasteiger partial charge in [0.2, 0.25) is 11.7 Å². The van der Waals surface area contributed by atoms with Crippen molar-refractivity contribution in [2.45, 2.75) is 11.7 Å². The molecule has 7 nitrogen and oxygen atoms in total. The fraction of sp³-hybridized carbons (Fsp3) is 0.125. The second-order valence-electron chi connectivity index (χ2n) is 7.50. The van der Waals surface area contributed by atoms with E-state index in [9.17, 15) is 9.18 Å². The van der Waals surface area contributed by atoms with Gasteiger partial charge in [-0.1, -0.05) is 47.6 Å². The Morgan fingerprint density at radius 3 is 2.62 bits per heavy atom. The van der Waals surface area contributed by atoms with Crippen molar-refractivity contribution in [2.24, 2.45) is 0 Å². The zero-order valence-electron chi connectivity index (χ0n) is 18.0. The predicted molar refractivity (Wildman–Crippen MR) is 131 cm³/mol.